The van der Waals surface area contributed by atoms with Gasteiger partial charge in [-0.25, -0.2) is 0 Å². The Labute approximate surface area is 121 Å². The Morgan fingerprint density at radius 1 is 1.47 bits per heavy atom. The van der Waals surface area contributed by atoms with E-state index < -0.39 is 0 Å². The first-order valence-corrected chi connectivity index (χ1v) is 6.74. The third kappa shape index (κ3) is 5.21. The number of carbonyl (C=O) groups is 1. The zero-order valence-electron chi connectivity index (χ0n) is 11.4. The number of rotatable bonds is 6. The molecule has 3 nitrogen and oxygen atoms in total. The second kappa shape index (κ2) is 7.51. The minimum atomic E-state index is 0. The van der Waals surface area contributed by atoms with Crippen molar-refractivity contribution in [2.75, 3.05) is 6.54 Å². The minimum absolute atomic E-state index is 0. The molecule has 0 aromatic heterocycles. The van der Waals surface area contributed by atoms with Gasteiger partial charge < -0.3 is 11.1 Å². The smallest absolute Gasteiger partial charge is 0.220 e. The predicted molar refractivity (Wildman–Crippen MR) is 80.5 cm³/mol. The van der Waals surface area contributed by atoms with Crippen LogP contribution in [0.5, 0.6) is 0 Å². The Morgan fingerprint density at radius 3 is 2.79 bits per heavy atom. The second-order valence-electron chi connectivity index (χ2n) is 5.24. The molecule has 1 atom stereocenters. The minimum Gasteiger partial charge on any atom is -0.352 e. The van der Waals surface area contributed by atoms with E-state index in [2.05, 4.69) is 30.4 Å². The lowest BCUT2D eigenvalue weighted by molar-refractivity contribution is -0.121. The first-order valence-electron chi connectivity index (χ1n) is 6.74. The lowest BCUT2D eigenvalue weighted by Crippen LogP contribution is -2.41. The van der Waals surface area contributed by atoms with Gasteiger partial charge in [0.1, 0.15) is 0 Å². The number of nitrogens with two attached hydrogens (primary N) is 1. The highest BCUT2D eigenvalue weighted by Gasteiger charge is 2.30. The lowest BCUT2D eigenvalue weighted by Gasteiger charge is -2.15. The summed E-state index contributed by atoms with van der Waals surface area (Å²) in [6.07, 6.45) is 3.77. The summed E-state index contributed by atoms with van der Waals surface area (Å²) in [6.45, 7) is 2.63. The van der Waals surface area contributed by atoms with Crippen LogP contribution in [0.25, 0.3) is 0 Å². The topological polar surface area (TPSA) is 55.1 Å². The summed E-state index contributed by atoms with van der Waals surface area (Å²) in [7, 11) is 0. The molecule has 1 unspecified atom stereocenters. The van der Waals surface area contributed by atoms with Gasteiger partial charge in [-0.1, -0.05) is 29.8 Å². The summed E-state index contributed by atoms with van der Waals surface area (Å²) < 4.78 is 0. The van der Waals surface area contributed by atoms with E-state index in [1.165, 1.54) is 24.0 Å². The van der Waals surface area contributed by atoms with Gasteiger partial charge in [-0.3, -0.25) is 4.79 Å². The Balaban J connectivity index is 0.00000180. The van der Waals surface area contributed by atoms with E-state index in [0.29, 0.717) is 18.9 Å². The zero-order chi connectivity index (χ0) is 13.0. The van der Waals surface area contributed by atoms with Gasteiger partial charge in [0.05, 0.1) is 0 Å². The average Bonchev–Trinajstić information content (AvgIpc) is 3.18. The van der Waals surface area contributed by atoms with Crippen LogP contribution in [-0.2, 0) is 11.2 Å². The van der Waals surface area contributed by atoms with E-state index in [0.717, 1.165) is 6.42 Å². The molecule has 1 amide bonds. The fraction of sp³-hybridized carbons (Fsp3) is 0.533. The van der Waals surface area contributed by atoms with Crippen molar-refractivity contribution in [1.29, 1.82) is 0 Å². The number of hydrogen-bond donors (Lipinski definition) is 2. The van der Waals surface area contributed by atoms with Crippen molar-refractivity contribution in [1.82, 2.24) is 5.32 Å². The van der Waals surface area contributed by atoms with E-state index in [1.54, 1.807) is 0 Å². The highest BCUT2D eigenvalue weighted by molar-refractivity contribution is 5.85. The number of carbonyl (C=O) groups excluding carboxylic acids is 1. The van der Waals surface area contributed by atoms with Crippen LogP contribution >= 0.6 is 12.4 Å². The van der Waals surface area contributed by atoms with Crippen LogP contribution in [0.2, 0.25) is 0 Å². The Hall–Kier alpha value is -1.06. The van der Waals surface area contributed by atoms with Gasteiger partial charge in [-0.15, -0.1) is 12.4 Å². The summed E-state index contributed by atoms with van der Waals surface area (Å²) in [5.41, 5.74) is 8.14. The van der Waals surface area contributed by atoms with Gasteiger partial charge >= 0.3 is 0 Å². The monoisotopic (exact) mass is 282 g/mol. The van der Waals surface area contributed by atoms with Crippen LogP contribution in [0.4, 0.5) is 0 Å². The fourth-order valence-corrected chi connectivity index (χ4v) is 2.27. The van der Waals surface area contributed by atoms with Crippen LogP contribution in [0.1, 0.15) is 30.4 Å². The number of benzene rings is 1. The Morgan fingerprint density at radius 2 is 2.21 bits per heavy atom. The summed E-state index contributed by atoms with van der Waals surface area (Å²) in [4.78, 5) is 11.8. The molecule has 1 aliphatic carbocycles. The number of aryl methyl sites for hydroxylation is 2. The molecule has 0 spiro atoms. The molecule has 1 saturated carbocycles. The zero-order valence-corrected chi connectivity index (χ0v) is 12.2. The van der Waals surface area contributed by atoms with Crippen molar-refractivity contribution in [2.24, 2.45) is 11.7 Å². The van der Waals surface area contributed by atoms with Crippen LogP contribution < -0.4 is 11.1 Å². The van der Waals surface area contributed by atoms with Gasteiger partial charge in [-0.05, 0) is 37.7 Å². The number of nitrogens with one attached hydrogen (secondary N) is 1. The van der Waals surface area contributed by atoms with Gasteiger partial charge in [-0.2, -0.15) is 0 Å². The molecule has 0 aliphatic heterocycles. The number of halogens is 1. The van der Waals surface area contributed by atoms with Crippen LogP contribution in [0, 0.1) is 12.8 Å². The maximum absolute atomic E-state index is 11.8. The van der Waals surface area contributed by atoms with Gasteiger partial charge in [0.15, 0.2) is 0 Å². The molecular formula is C15H23ClN2O. The molecule has 19 heavy (non-hydrogen) atoms. The van der Waals surface area contributed by atoms with E-state index in [1.807, 2.05) is 6.07 Å². The molecule has 1 aromatic carbocycles. The summed E-state index contributed by atoms with van der Waals surface area (Å²) in [5.74, 6) is 0.747. The van der Waals surface area contributed by atoms with Gasteiger partial charge in [0.2, 0.25) is 5.91 Å². The largest absolute Gasteiger partial charge is 0.352 e. The Kier molecular flexibility index (Phi) is 6.32. The number of amides is 1. The molecule has 106 valence electrons. The van der Waals surface area contributed by atoms with Gasteiger partial charge in [0, 0.05) is 19.0 Å². The quantitative estimate of drug-likeness (QED) is 0.840. The van der Waals surface area contributed by atoms with Crippen molar-refractivity contribution < 1.29 is 4.79 Å². The Bertz CT molecular complexity index is 418. The summed E-state index contributed by atoms with van der Waals surface area (Å²) in [5, 5.41) is 3.05. The molecule has 1 fully saturated rings. The molecule has 3 N–H and O–H groups in total. The van der Waals surface area contributed by atoms with E-state index in [4.69, 9.17) is 5.73 Å². The molecule has 1 aromatic rings. The molecule has 0 heterocycles. The second-order valence-corrected chi connectivity index (χ2v) is 5.24. The highest BCUT2D eigenvalue weighted by Crippen LogP contribution is 2.32. The normalized spacial score (nSPS) is 15.5. The molecule has 1 aliphatic rings. The maximum atomic E-state index is 11.8. The van der Waals surface area contributed by atoms with Crippen LogP contribution in [0.3, 0.4) is 0 Å². The maximum Gasteiger partial charge on any atom is 0.220 e. The lowest BCUT2D eigenvalue weighted by atomic mass is 10.1. The molecule has 0 radical (unpaired) electrons. The van der Waals surface area contributed by atoms with Crippen molar-refractivity contribution in [3.63, 3.8) is 0 Å². The van der Waals surface area contributed by atoms with E-state index >= 15 is 0 Å². The number of hydrogen-bond acceptors (Lipinski definition) is 2. The van der Waals surface area contributed by atoms with Gasteiger partial charge in [0.25, 0.3) is 0 Å². The first-order chi connectivity index (χ1) is 8.69. The average molecular weight is 283 g/mol. The van der Waals surface area contributed by atoms with E-state index in [-0.39, 0.29) is 24.4 Å². The first kappa shape index (κ1) is 16.0. The van der Waals surface area contributed by atoms with Crippen molar-refractivity contribution >= 4 is 18.3 Å². The summed E-state index contributed by atoms with van der Waals surface area (Å²) >= 11 is 0. The molecule has 0 saturated heterocycles. The van der Waals surface area contributed by atoms with Crippen molar-refractivity contribution in [3.05, 3.63) is 35.4 Å². The van der Waals surface area contributed by atoms with E-state index in [9.17, 15) is 4.79 Å². The molecule has 2 rings (SSSR count). The third-order valence-corrected chi connectivity index (χ3v) is 3.51. The molecule has 4 heteroatoms. The highest BCUT2D eigenvalue weighted by atomic mass is 35.5. The third-order valence-electron chi connectivity index (χ3n) is 3.51. The SMILES string of the molecule is Cc1cccc(CCC(=O)NC(CN)C2CC2)c1.Cl. The van der Waals surface area contributed by atoms with Crippen LogP contribution in [-0.4, -0.2) is 18.5 Å². The molecular weight excluding hydrogens is 260 g/mol. The van der Waals surface area contributed by atoms with Crippen molar-refractivity contribution in [2.45, 2.75) is 38.6 Å². The summed E-state index contributed by atoms with van der Waals surface area (Å²) in [6, 6.07) is 8.50. The van der Waals surface area contributed by atoms with Crippen LogP contribution in [0.15, 0.2) is 24.3 Å². The van der Waals surface area contributed by atoms with Crippen molar-refractivity contribution in [3.8, 4) is 0 Å². The molecule has 0 bridgehead atoms. The standard InChI is InChI=1S/C15H22N2O.ClH/c1-11-3-2-4-12(9-11)5-8-15(18)17-14(10-16)13-6-7-13;/h2-4,9,13-14H,5-8,10,16H2,1H3,(H,17,18);1H. The predicted octanol–water partition coefficient (Wildman–Crippen LogP) is 2.20. The fourth-order valence-electron chi connectivity index (χ4n) is 2.27.